The molecule has 1 aliphatic heterocycles. The number of rotatable bonds is 3. The fourth-order valence-electron chi connectivity index (χ4n) is 3.47. The van der Waals surface area contributed by atoms with Gasteiger partial charge in [-0.2, -0.15) is 0 Å². The van der Waals surface area contributed by atoms with Crippen LogP contribution in [0.4, 0.5) is 4.39 Å². The first-order chi connectivity index (χ1) is 10.1. The Morgan fingerprint density at radius 1 is 1.29 bits per heavy atom. The maximum atomic E-state index is 13.6. The first-order valence-corrected chi connectivity index (χ1v) is 7.62. The molecular weight excluding hydrogens is 269 g/mol. The lowest BCUT2D eigenvalue weighted by Crippen LogP contribution is -2.32. The molecule has 0 unspecified atom stereocenters. The quantitative estimate of drug-likeness (QED) is 0.802. The number of amides is 1. The summed E-state index contributed by atoms with van der Waals surface area (Å²) in [6.45, 7) is 2.92. The normalized spacial score (nSPS) is 25.0. The highest BCUT2D eigenvalue weighted by Crippen LogP contribution is 2.31. The molecule has 112 valence electrons. The Kier molecular flexibility index (Phi) is 3.79. The van der Waals surface area contributed by atoms with Gasteiger partial charge in [0.15, 0.2) is 0 Å². The molecule has 0 saturated heterocycles. The second-order valence-corrected chi connectivity index (χ2v) is 6.36. The smallest absolute Gasteiger partial charge is 0.254 e. The van der Waals surface area contributed by atoms with E-state index in [1.807, 2.05) is 4.90 Å². The topological polar surface area (TPSA) is 37.4 Å². The van der Waals surface area contributed by atoms with E-state index in [1.165, 1.54) is 6.07 Å². The molecule has 0 N–H and O–H groups in total. The zero-order valence-electron chi connectivity index (χ0n) is 12.3. The fourth-order valence-corrected chi connectivity index (χ4v) is 3.47. The van der Waals surface area contributed by atoms with E-state index in [-0.39, 0.29) is 17.6 Å². The molecule has 0 bridgehead atoms. The van der Waals surface area contributed by atoms with Gasteiger partial charge in [0.25, 0.3) is 5.91 Å². The minimum Gasteiger partial charge on any atom is -0.334 e. The largest absolute Gasteiger partial charge is 0.334 e. The molecule has 0 atom stereocenters. The molecule has 1 amide bonds. The molecule has 1 saturated carbocycles. The fraction of sp³-hybridized carbons (Fsp3) is 0.529. The predicted octanol–water partition coefficient (Wildman–Crippen LogP) is 3.10. The van der Waals surface area contributed by atoms with Crippen molar-refractivity contribution in [2.75, 3.05) is 6.54 Å². The average Bonchev–Trinajstić information content (AvgIpc) is 2.77. The third kappa shape index (κ3) is 2.71. The van der Waals surface area contributed by atoms with Crippen LogP contribution in [0.1, 0.15) is 47.2 Å². The van der Waals surface area contributed by atoms with E-state index < -0.39 is 0 Å². The molecule has 0 radical (unpaired) electrons. The standard InChI is InChI=1S/C17H20FNO2/c1-11-6-15-14(7-16(11)18)9-19(17(15)21)8-12-2-4-13(10-20)5-3-12/h6-7,10,12-13H,2-5,8-9H2,1H3/t12-,13-. The average molecular weight is 289 g/mol. The van der Waals surface area contributed by atoms with Gasteiger partial charge in [-0.1, -0.05) is 0 Å². The Hall–Kier alpha value is -1.71. The van der Waals surface area contributed by atoms with E-state index in [0.29, 0.717) is 23.6 Å². The predicted molar refractivity (Wildman–Crippen MR) is 77.4 cm³/mol. The van der Waals surface area contributed by atoms with E-state index in [9.17, 15) is 14.0 Å². The molecule has 1 aromatic carbocycles. The minimum absolute atomic E-state index is 0.0191. The molecule has 1 aliphatic carbocycles. The summed E-state index contributed by atoms with van der Waals surface area (Å²) in [6.07, 6.45) is 4.90. The first-order valence-electron chi connectivity index (χ1n) is 7.62. The molecule has 3 nitrogen and oxygen atoms in total. The van der Waals surface area contributed by atoms with Crippen LogP contribution in [0.2, 0.25) is 0 Å². The molecule has 4 heteroatoms. The van der Waals surface area contributed by atoms with Gasteiger partial charge in [-0.25, -0.2) is 4.39 Å². The van der Waals surface area contributed by atoms with Crippen LogP contribution in [-0.2, 0) is 11.3 Å². The molecule has 1 fully saturated rings. The van der Waals surface area contributed by atoms with E-state index in [2.05, 4.69) is 0 Å². The van der Waals surface area contributed by atoms with Crippen molar-refractivity contribution in [3.63, 3.8) is 0 Å². The van der Waals surface area contributed by atoms with Crippen molar-refractivity contribution >= 4 is 12.2 Å². The third-order valence-electron chi connectivity index (χ3n) is 4.83. The number of benzene rings is 1. The summed E-state index contributed by atoms with van der Waals surface area (Å²) in [6, 6.07) is 3.15. The zero-order valence-corrected chi connectivity index (χ0v) is 12.3. The number of nitrogens with zero attached hydrogens (tertiary/aromatic N) is 1. The van der Waals surface area contributed by atoms with Gasteiger partial charge in [-0.05, 0) is 61.8 Å². The molecular formula is C17H20FNO2. The first kappa shape index (κ1) is 14.2. The van der Waals surface area contributed by atoms with E-state index in [1.54, 1.807) is 13.0 Å². The summed E-state index contributed by atoms with van der Waals surface area (Å²) in [4.78, 5) is 25.0. The van der Waals surface area contributed by atoms with E-state index in [0.717, 1.165) is 44.1 Å². The highest BCUT2D eigenvalue weighted by atomic mass is 19.1. The van der Waals surface area contributed by atoms with Gasteiger partial charge in [-0.3, -0.25) is 4.79 Å². The van der Waals surface area contributed by atoms with Gasteiger partial charge < -0.3 is 9.69 Å². The van der Waals surface area contributed by atoms with Gasteiger partial charge in [-0.15, -0.1) is 0 Å². The highest BCUT2D eigenvalue weighted by molar-refractivity contribution is 5.98. The maximum absolute atomic E-state index is 13.6. The Morgan fingerprint density at radius 3 is 2.67 bits per heavy atom. The Bertz CT molecular complexity index is 576. The summed E-state index contributed by atoms with van der Waals surface area (Å²) in [5.41, 5.74) is 1.97. The number of carbonyl (C=O) groups is 2. The van der Waals surface area contributed by atoms with Gasteiger partial charge in [0.05, 0.1) is 0 Å². The number of hydrogen-bond donors (Lipinski definition) is 0. The lowest BCUT2D eigenvalue weighted by molar-refractivity contribution is -0.112. The van der Waals surface area contributed by atoms with Gasteiger partial charge >= 0.3 is 0 Å². The summed E-state index contributed by atoms with van der Waals surface area (Å²) in [7, 11) is 0. The van der Waals surface area contributed by atoms with Crippen molar-refractivity contribution < 1.29 is 14.0 Å². The highest BCUT2D eigenvalue weighted by Gasteiger charge is 2.31. The molecule has 3 rings (SSSR count). The maximum Gasteiger partial charge on any atom is 0.254 e. The van der Waals surface area contributed by atoms with Crippen LogP contribution >= 0.6 is 0 Å². The number of halogens is 1. The van der Waals surface area contributed by atoms with Crippen LogP contribution in [0.25, 0.3) is 0 Å². The van der Waals surface area contributed by atoms with Crippen molar-refractivity contribution in [1.29, 1.82) is 0 Å². The van der Waals surface area contributed by atoms with Crippen LogP contribution < -0.4 is 0 Å². The SMILES string of the molecule is Cc1cc2c(cc1F)CN(C[C@H]1CC[C@H](C=O)CC1)C2=O. The number of fused-ring (bicyclic) bond motifs is 1. The number of hydrogen-bond acceptors (Lipinski definition) is 2. The summed E-state index contributed by atoms with van der Waals surface area (Å²) in [5.74, 6) is 0.440. The Morgan fingerprint density at radius 2 is 2.00 bits per heavy atom. The lowest BCUT2D eigenvalue weighted by Gasteiger charge is -2.29. The van der Waals surface area contributed by atoms with Crippen LogP contribution in [0.3, 0.4) is 0 Å². The number of aldehydes is 1. The molecule has 1 aromatic rings. The summed E-state index contributed by atoms with van der Waals surface area (Å²) in [5, 5.41) is 0. The van der Waals surface area contributed by atoms with Crippen molar-refractivity contribution in [2.24, 2.45) is 11.8 Å². The molecule has 21 heavy (non-hydrogen) atoms. The number of aryl methyl sites for hydroxylation is 1. The molecule has 2 aliphatic rings. The van der Waals surface area contributed by atoms with Crippen molar-refractivity contribution in [1.82, 2.24) is 4.90 Å². The Labute approximate surface area is 124 Å². The van der Waals surface area contributed by atoms with Crippen molar-refractivity contribution in [3.8, 4) is 0 Å². The van der Waals surface area contributed by atoms with Crippen molar-refractivity contribution in [3.05, 3.63) is 34.6 Å². The summed E-state index contributed by atoms with van der Waals surface area (Å²) < 4.78 is 13.6. The monoisotopic (exact) mass is 289 g/mol. The second-order valence-electron chi connectivity index (χ2n) is 6.36. The summed E-state index contributed by atoms with van der Waals surface area (Å²) >= 11 is 0. The van der Waals surface area contributed by atoms with Gasteiger partial charge in [0.2, 0.25) is 0 Å². The molecule has 0 spiro atoms. The zero-order chi connectivity index (χ0) is 15.0. The van der Waals surface area contributed by atoms with E-state index in [4.69, 9.17) is 0 Å². The molecule has 1 heterocycles. The van der Waals surface area contributed by atoms with Gasteiger partial charge in [0.1, 0.15) is 12.1 Å². The van der Waals surface area contributed by atoms with Crippen LogP contribution in [0.15, 0.2) is 12.1 Å². The molecule has 0 aromatic heterocycles. The third-order valence-corrected chi connectivity index (χ3v) is 4.83. The van der Waals surface area contributed by atoms with Crippen LogP contribution in [0.5, 0.6) is 0 Å². The van der Waals surface area contributed by atoms with Crippen LogP contribution in [-0.4, -0.2) is 23.6 Å². The number of carbonyl (C=O) groups excluding carboxylic acids is 2. The van der Waals surface area contributed by atoms with Gasteiger partial charge in [0, 0.05) is 24.6 Å². The Balaban J connectivity index is 1.67. The van der Waals surface area contributed by atoms with Crippen LogP contribution in [0, 0.1) is 24.6 Å². The minimum atomic E-state index is -0.241. The second kappa shape index (κ2) is 5.58. The van der Waals surface area contributed by atoms with E-state index >= 15 is 0 Å². The van der Waals surface area contributed by atoms with Crippen molar-refractivity contribution in [2.45, 2.75) is 39.2 Å². The lowest BCUT2D eigenvalue weighted by atomic mass is 9.82.